The monoisotopic (exact) mass is 350 g/mol. The Kier molecular flexibility index (Phi) is 4.24. The summed E-state index contributed by atoms with van der Waals surface area (Å²) in [5, 5.41) is 6.78. The van der Waals surface area contributed by atoms with Crippen LogP contribution in [0.2, 0.25) is 0 Å². The Morgan fingerprint density at radius 3 is 2.12 bits per heavy atom. The van der Waals surface area contributed by atoms with Crippen LogP contribution >= 0.6 is 0 Å². The van der Waals surface area contributed by atoms with Crippen LogP contribution in [0.3, 0.4) is 0 Å². The van der Waals surface area contributed by atoms with E-state index >= 15 is 0 Å². The molecule has 0 spiro atoms. The van der Waals surface area contributed by atoms with E-state index in [1.807, 2.05) is 30.3 Å². The van der Waals surface area contributed by atoms with Crippen LogP contribution in [0.5, 0.6) is 0 Å². The highest BCUT2D eigenvalue weighted by atomic mass is 16.6. The molecule has 6 nitrogen and oxygen atoms in total. The molecule has 0 radical (unpaired) electrons. The van der Waals surface area contributed by atoms with Crippen molar-refractivity contribution in [2.24, 2.45) is 0 Å². The van der Waals surface area contributed by atoms with Gasteiger partial charge in [0.2, 0.25) is 0 Å². The summed E-state index contributed by atoms with van der Waals surface area (Å²) in [6.07, 6.45) is 5.28. The first-order valence-corrected chi connectivity index (χ1v) is 8.79. The van der Waals surface area contributed by atoms with Crippen molar-refractivity contribution in [3.05, 3.63) is 63.0 Å². The van der Waals surface area contributed by atoms with Crippen molar-refractivity contribution in [2.75, 3.05) is 0 Å². The predicted octanol–water partition coefficient (Wildman–Crippen LogP) is 2.48. The Labute approximate surface area is 149 Å². The van der Waals surface area contributed by atoms with Gasteiger partial charge >= 0.3 is 11.9 Å². The second-order valence-electron chi connectivity index (χ2n) is 6.57. The SMILES string of the molecule is O=C1OC(=O)C2=C1CCC2.O=c1[nH]nc(-c2ccccc2)c2c1CCC2. The molecule has 2 aromatic rings. The number of carbonyl (C=O) groups excluding carboxylic acids is 2. The van der Waals surface area contributed by atoms with Crippen LogP contribution in [0, 0.1) is 0 Å². The molecule has 6 heteroatoms. The second-order valence-corrected chi connectivity index (χ2v) is 6.57. The van der Waals surface area contributed by atoms with Crippen molar-refractivity contribution >= 4 is 11.9 Å². The third-order valence-corrected chi connectivity index (χ3v) is 4.99. The van der Waals surface area contributed by atoms with E-state index in [4.69, 9.17) is 0 Å². The minimum absolute atomic E-state index is 0.0211. The summed E-state index contributed by atoms with van der Waals surface area (Å²) in [5.74, 6) is -0.838. The molecule has 1 aromatic carbocycles. The summed E-state index contributed by atoms with van der Waals surface area (Å²) in [6, 6.07) is 10.0. The molecule has 0 amide bonds. The third kappa shape index (κ3) is 2.87. The molecule has 0 unspecified atom stereocenters. The molecule has 3 aliphatic rings. The number of aromatic amines is 1. The van der Waals surface area contributed by atoms with E-state index in [0.29, 0.717) is 11.1 Å². The molecular formula is C20H18N2O4. The Morgan fingerprint density at radius 1 is 0.808 bits per heavy atom. The van der Waals surface area contributed by atoms with Crippen LogP contribution in [0.15, 0.2) is 46.3 Å². The average molecular weight is 350 g/mol. The first kappa shape index (κ1) is 16.4. The maximum atomic E-state index is 11.6. The number of nitrogens with zero attached hydrogens (tertiary/aromatic N) is 1. The minimum atomic E-state index is -0.419. The van der Waals surface area contributed by atoms with Crippen LogP contribution < -0.4 is 5.56 Å². The number of nitrogens with one attached hydrogen (secondary N) is 1. The van der Waals surface area contributed by atoms with Gasteiger partial charge in [0.25, 0.3) is 5.56 Å². The van der Waals surface area contributed by atoms with Crippen LogP contribution in [0.25, 0.3) is 11.3 Å². The number of hydrogen-bond acceptors (Lipinski definition) is 5. The lowest BCUT2D eigenvalue weighted by atomic mass is 10.0. The van der Waals surface area contributed by atoms with Gasteiger partial charge in [0, 0.05) is 22.3 Å². The van der Waals surface area contributed by atoms with Gasteiger partial charge in [0.05, 0.1) is 5.69 Å². The lowest BCUT2D eigenvalue weighted by Gasteiger charge is -2.05. The number of hydrogen-bond donors (Lipinski definition) is 1. The molecule has 0 saturated heterocycles. The average Bonchev–Trinajstić information content (AvgIpc) is 3.37. The van der Waals surface area contributed by atoms with Crippen molar-refractivity contribution in [1.29, 1.82) is 0 Å². The molecule has 5 rings (SSSR count). The third-order valence-electron chi connectivity index (χ3n) is 4.99. The van der Waals surface area contributed by atoms with Crippen LogP contribution in [0.4, 0.5) is 0 Å². The van der Waals surface area contributed by atoms with E-state index in [0.717, 1.165) is 60.9 Å². The first-order valence-electron chi connectivity index (χ1n) is 8.79. The predicted molar refractivity (Wildman–Crippen MR) is 94.3 cm³/mol. The molecule has 1 aromatic heterocycles. The van der Waals surface area contributed by atoms with Gasteiger partial charge in [0.15, 0.2) is 0 Å². The number of esters is 2. The zero-order valence-corrected chi connectivity index (χ0v) is 14.2. The van der Waals surface area contributed by atoms with Gasteiger partial charge in [-0.3, -0.25) is 4.79 Å². The van der Waals surface area contributed by atoms with Crippen LogP contribution in [-0.4, -0.2) is 22.1 Å². The van der Waals surface area contributed by atoms with E-state index < -0.39 is 11.9 Å². The maximum Gasteiger partial charge on any atom is 0.342 e. The van der Waals surface area contributed by atoms with Crippen molar-refractivity contribution in [3.63, 3.8) is 0 Å². The number of cyclic esters (lactones) is 2. The Bertz CT molecular complexity index is 949. The molecule has 2 aliphatic carbocycles. The molecule has 0 bridgehead atoms. The molecule has 1 N–H and O–H groups in total. The van der Waals surface area contributed by atoms with Gasteiger partial charge in [-0.15, -0.1) is 0 Å². The molecule has 2 heterocycles. The number of rotatable bonds is 1. The summed E-state index contributed by atoms with van der Waals surface area (Å²) in [5.41, 5.74) is 5.29. The van der Waals surface area contributed by atoms with Crippen molar-refractivity contribution in [3.8, 4) is 11.3 Å². The number of fused-ring (bicyclic) bond motifs is 1. The maximum absolute atomic E-state index is 11.6. The number of aromatic nitrogens is 2. The minimum Gasteiger partial charge on any atom is -0.386 e. The van der Waals surface area contributed by atoms with Gasteiger partial charge < -0.3 is 4.74 Å². The molecule has 0 saturated carbocycles. The van der Waals surface area contributed by atoms with Gasteiger partial charge in [-0.2, -0.15) is 5.10 Å². The molecule has 132 valence electrons. The van der Waals surface area contributed by atoms with Gasteiger partial charge in [-0.1, -0.05) is 30.3 Å². The summed E-state index contributed by atoms with van der Waals surface area (Å²) in [7, 11) is 0. The van der Waals surface area contributed by atoms with Crippen molar-refractivity contribution in [1.82, 2.24) is 10.2 Å². The fourth-order valence-corrected chi connectivity index (χ4v) is 3.73. The summed E-state index contributed by atoms with van der Waals surface area (Å²) < 4.78 is 4.38. The van der Waals surface area contributed by atoms with E-state index in [1.54, 1.807) is 0 Å². The molecule has 26 heavy (non-hydrogen) atoms. The highest BCUT2D eigenvalue weighted by Crippen LogP contribution is 2.32. The first-order chi connectivity index (χ1) is 12.6. The van der Waals surface area contributed by atoms with Crippen LogP contribution in [-0.2, 0) is 27.2 Å². The topological polar surface area (TPSA) is 89.1 Å². The van der Waals surface area contributed by atoms with E-state index in [2.05, 4.69) is 14.9 Å². The summed E-state index contributed by atoms with van der Waals surface area (Å²) >= 11 is 0. The summed E-state index contributed by atoms with van der Waals surface area (Å²) in [4.78, 5) is 33.1. The van der Waals surface area contributed by atoms with Gasteiger partial charge in [-0.05, 0) is 44.1 Å². The zero-order valence-electron chi connectivity index (χ0n) is 14.2. The van der Waals surface area contributed by atoms with E-state index in [1.165, 1.54) is 0 Å². The molecule has 0 atom stereocenters. The standard InChI is InChI=1S/C13H12N2O.C7H6O3/c16-13-11-8-4-7-10(11)12(14-15-13)9-5-2-1-3-6-9;8-6-4-2-1-3-5(4)7(9)10-6/h1-3,5-6H,4,7-8H2,(H,15,16);1-3H2. The quantitative estimate of drug-likeness (QED) is 0.630. The highest BCUT2D eigenvalue weighted by molar-refractivity contribution is 6.12. The van der Waals surface area contributed by atoms with Crippen molar-refractivity contribution in [2.45, 2.75) is 38.5 Å². The largest absolute Gasteiger partial charge is 0.386 e. The number of benzene rings is 1. The summed E-state index contributed by atoms with van der Waals surface area (Å²) in [6.45, 7) is 0. The lowest BCUT2D eigenvalue weighted by molar-refractivity contribution is -0.151. The normalized spacial score (nSPS) is 17.5. The lowest BCUT2D eigenvalue weighted by Crippen LogP contribution is -2.15. The number of ether oxygens (including phenoxy) is 1. The molecular weight excluding hydrogens is 332 g/mol. The Balaban J connectivity index is 0.000000144. The van der Waals surface area contributed by atoms with Gasteiger partial charge in [0.1, 0.15) is 0 Å². The van der Waals surface area contributed by atoms with E-state index in [-0.39, 0.29) is 5.56 Å². The van der Waals surface area contributed by atoms with Crippen LogP contribution in [0.1, 0.15) is 36.8 Å². The van der Waals surface area contributed by atoms with E-state index in [9.17, 15) is 14.4 Å². The Morgan fingerprint density at radius 2 is 1.42 bits per heavy atom. The number of carbonyl (C=O) groups is 2. The second kappa shape index (κ2) is 6.71. The smallest absolute Gasteiger partial charge is 0.342 e. The number of H-pyrrole nitrogens is 1. The van der Waals surface area contributed by atoms with Crippen molar-refractivity contribution < 1.29 is 14.3 Å². The molecule has 1 aliphatic heterocycles. The Hall–Kier alpha value is -3.02. The fraction of sp³-hybridized carbons (Fsp3) is 0.300. The highest BCUT2D eigenvalue weighted by Gasteiger charge is 2.35. The van der Waals surface area contributed by atoms with Gasteiger partial charge in [-0.25, -0.2) is 14.7 Å². The fourth-order valence-electron chi connectivity index (χ4n) is 3.73. The zero-order chi connectivity index (χ0) is 18.1. The molecule has 0 fully saturated rings.